The molecule has 15 heavy (non-hydrogen) atoms. The molecule has 0 aliphatic rings. The van der Waals surface area contributed by atoms with Crippen molar-refractivity contribution in [3.63, 3.8) is 0 Å². The Hall–Kier alpha value is -1.86. The number of carbonyl (C=O) groups is 1. The first-order chi connectivity index (χ1) is 7.13. The summed E-state index contributed by atoms with van der Waals surface area (Å²) >= 11 is 0. The third kappa shape index (κ3) is 3.41. The minimum atomic E-state index is -0.499. The average molecular weight is 206 g/mol. The fourth-order valence-electron chi connectivity index (χ4n) is 1.02. The molecule has 0 aromatic heterocycles. The van der Waals surface area contributed by atoms with Gasteiger partial charge in [-0.25, -0.2) is 4.39 Å². The Kier molecular flexibility index (Phi) is 3.83. The molecule has 0 bridgehead atoms. The van der Waals surface area contributed by atoms with Crippen LogP contribution >= 0.6 is 0 Å². The first-order valence-corrected chi connectivity index (χ1v) is 4.39. The number of primary amides is 1. The quantitative estimate of drug-likeness (QED) is 0.692. The van der Waals surface area contributed by atoms with Gasteiger partial charge in [0.25, 0.3) is 0 Å². The number of nitrogens with two attached hydrogens (primary N) is 2. The van der Waals surface area contributed by atoms with Gasteiger partial charge in [-0.05, 0) is 12.1 Å². The van der Waals surface area contributed by atoms with E-state index in [9.17, 15) is 9.18 Å². The summed E-state index contributed by atoms with van der Waals surface area (Å²) in [6, 6.07) is 4.51. The van der Waals surface area contributed by atoms with E-state index in [1.165, 1.54) is 6.07 Å². The van der Waals surface area contributed by atoms with Gasteiger partial charge in [0.15, 0.2) is 0 Å². The van der Waals surface area contributed by atoms with Crippen LogP contribution in [0.5, 0.6) is 0 Å². The number of rotatable bonds is 2. The SMILES string of the molecule is NCc1ccc(C#CCC(N)=O)cc1F. The van der Waals surface area contributed by atoms with Gasteiger partial charge < -0.3 is 11.5 Å². The van der Waals surface area contributed by atoms with Gasteiger partial charge in [0.05, 0.1) is 6.42 Å². The summed E-state index contributed by atoms with van der Waals surface area (Å²) in [5.41, 5.74) is 11.1. The van der Waals surface area contributed by atoms with Crippen LogP contribution in [0.15, 0.2) is 18.2 Å². The molecule has 0 unspecified atom stereocenters. The Labute approximate surface area is 87.3 Å². The summed E-state index contributed by atoms with van der Waals surface area (Å²) in [5, 5.41) is 0. The van der Waals surface area contributed by atoms with E-state index in [0.717, 1.165) is 0 Å². The maximum atomic E-state index is 13.2. The van der Waals surface area contributed by atoms with Crippen LogP contribution in [-0.4, -0.2) is 5.91 Å². The molecule has 0 heterocycles. The molecule has 0 radical (unpaired) electrons. The minimum absolute atomic E-state index is 0.0275. The molecule has 4 heteroatoms. The number of hydrogen-bond acceptors (Lipinski definition) is 2. The maximum absolute atomic E-state index is 13.2. The van der Waals surface area contributed by atoms with Gasteiger partial charge in [-0.2, -0.15) is 0 Å². The van der Waals surface area contributed by atoms with Crippen molar-refractivity contribution < 1.29 is 9.18 Å². The van der Waals surface area contributed by atoms with E-state index in [0.29, 0.717) is 11.1 Å². The molecule has 0 saturated carbocycles. The van der Waals surface area contributed by atoms with Crippen LogP contribution in [0.1, 0.15) is 17.5 Å². The molecule has 0 saturated heterocycles. The first-order valence-electron chi connectivity index (χ1n) is 4.39. The van der Waals surface area contributed by atoms with Gasteiger partial charge >= 0.3 is 0 Å². The van der Waals surface area contributed by atoms with Gasteiger partial charge in [0.2, 0.25) is 5.91 Å². The summed E-state index contributed by atoms with van der Waals surface area (Å²) < 4.78 is 13.2. The molecule has 0 aliphatic heterocycles. The van der Waals surface area contributed by atoms with E-state index in [1.54, 1.807) is 12.1 Å². The Morgan fingerprint density at radius 1 is 1.47 bits per heavy atom. The van der Waals surface area contributed by atoms with Crippen molar-refractivity contribution >= 4 is 5.91 Å². The van der Waals surface area contributed by atoms with Gasteiger partial charge in [0, 0.05) is 17.7 Å². The molecule has 0 spiro atoms. The summed E-state index contributed by atoms with van der Waals surface area (Å²) in [5.74, 6) is 4.30. The second kappa shape index (κ2) is 5.13. The fourth-order valence-corrected chi connectivity index (χ4v) is 1.02. The first kappa shape index (κ1) is 11.2. The van der Waals surface area contributed by atoms with Gasteiger partial charge in [-0.15, -0.1) is 0 Å². The molecule has 1 rings (SSSR count). The summed E-state index contributed by atoms with van der Waals surface area (Å²) in [4.78, 5) is 10.4. The van der Waals surface area contributed by atoms with E-state index in [-0.39, 0.29) is 18.8 Å². The second-order valence-corrected chi connectivity index (χ2v) is 2.96. The zero-order valence-electron chi connectivity index (χ0n) is 8.09. The van der Waals surface area contributed by atoms with E-state index < -0.39 is 5.91 Å². The average Bonchev–Trinajstić information content (AvgIpc) is 2.17. The highest BCUT2D eigenvalue weighted by atomic mass is 19.1. The molecule has 0 aliphatic carbocycles. The monoisotopic (exact) mass is 206 g/mol. The normalized spacial score (nSPS) is 9.20. The van der Waals surface area contributed by atoms with Crippen molar-refractivity contribution in [3.8, 4) is 11.8 Å². The highest BCUT2D eigenvalue weighted by molar-refractivity contribution is 5.76. The standard InChI is InChI=1S/C11H11FN2O/c12-10-6-8(2-1-3-11(14)15)4-5-9(10)7-13/h4-6H,3,7,13H2,(H2,14,15). The molecule has 1 aromatic carbocycles. The molecule has 4 N–H and O–H groups in total. The summed E-state index contributed by atoms with van der Waals surface area (Å²) in [6.07, 6.45) is -0.0275. The Morgan fingerprint density at radius 3 is 2.73 bits per heavy atom. The van der Waals surface area contributed by atoms with Crippen molar-refractivity contribution in [2.45, 2.75) is 13.0 Å². The van der Waals surface area contributed by atoms with Crippen LogP contribution in [0.25, 0.3) is 0 Å². The van der Waals surface area contributed by atoms with Gasteiger partial charge in [0.1, 0.15) is 5.82 Å². The van der Waals surface area contributed by atoms with Crippen molar-refractivity contribution in [2.24, 2.45) is 11.5 Å². The van der Waals surface area contributed by atoms with E-state index in [1.807, 2.05) is 0 Å². The number of halogens is 1. The molecule has 1 amide bonds. The van der Waals surface area contributed by atoms with Crippen LogP contribution in [0, 0.1) is 17.7 Å². The zero-order valence-corrected chi connectivity index (χ0v) is 8.09. The van der Waals surface area contributed by atoms with Crippen molar-refractivity contribution in [1.82, 2.24) is 0 Å². The predicted molar refractivity (Wildman–Crippen MR) is 55.0 cm³/mol. The molecule has 0 fully saturated rings. The van der Waals surface area contributed by atoms with Crippen LogP contribution in [0.4, 0.5) is 4.39 Å². The summed E-state index contributed by atoms with van der Waals surface area (Å²) in [6.45, 7) is 0.154. The minimum Gasteiger partial charge on any atom is -0.369 e. The van der Waals surface area contributed by atoms with Crippen molar-refractivity contribution in [3.05, 3.63) is 35.1 Å². The second-order valence-electron chi connectivity index (χ2n) is 2.96. The summed E-state index contributed by atoms with van der Waals surface area (Å²) in [7, 11) is 0. The van der Waals surface area contributed by atoms with Crippen molar-refractivity contribution in [2.75, 3.05) is 0 Å². The van der Waals surface area contributed by atoms with E-state index in [4.69, 9.17) is 11.5 Å². The van der Waals surface area contributed by atoms with Crippen LogP contribution in [-0.2, 0) is 11.3 Å². The number of benzene rings is 1. The molecule has 1 aromatic rings. The molecular weight excluding hydrogens is 195 g/mol. The zero-order chi connectivity index (χ0) is 11.3. The van der Waals surface area contributed by atoms with Gasteiger partial charge in [-0.3, -0.25) is 4.79 Å². The lowest BCUT2D eigenvalue weighted by molar-refractivity contribution is -0.117. The smallest absolute Gasteiger partial charge is 0.229 e. The third-order valence-corrected chi connectivity index (χ3v) is 1.77. The largest absolute Gasteiger partial charge is 0.369 e. The number of carbonyl (C=O) groups excluding carboxylic acids is 1. The molecular formula is C11H11FN2O. The van der Waals surface area contributed by atoms with E-state index >= 15 is 0 Å². The maximum Gasteiger partial charge on any atom is 0.229 e. The Morgan fingerprint density at radius 2 is 2.20 bits per heavy atom. The Balaban J connectivity index is 2.82. The topological polar surface area (TPSA) is 69.1 Å². The lowest BCUT2D eigenvalue weighted by Gasteiger charge is -1.98. The predicted octanol–water partition coefficient (Wildman–Crippen LogP) is 0.511. The molecule has 3 nitrogen and oxygen atoms in total. The number of hydrogen-bond donors (Lipinski definition) is 2. The highest BCUT2D eigenvalue weighted by Crippen LogP contribution is 2.08. The third-order valence-electron chi connectivity index (χ3n) is 1.77. The molecule has 0 atom stereocenters. The highest BCUT2D eigenvalue weighted by Gasteiger charge is 1.99. The van der Waals surface area contributed by atoms with Crippen LogP contribution in [0.3, 0.4) is 0 Å². The van der Waals surface area contributed by atoms with Crippen molar-refractivity contribution in [1.29, 1.82) is 0 Å². The lowest BCUT2D eigenvalue weighted by Crippen LogP contribution is -2.08. The fraction of sp³-hybridized carbons (Fsp3) is 0.182. The Bertz CT molecular complexity index is 432. The van der Waals surface area contributed by atoms with Crippen LogP contribution in [0.2, 0.25) is 0 Å². The lowest BCUT2D eigenvalue weighted by atomic mass is 10.1. The van der Waals surface area contributed by atoms with Gasteiger partial charge in [-0.1, -0.05) is 17.9 Å². The van der Waals surface area contributed by atoms with Crippen LogP contribution < -0.4 is 11.5 Å². The van der Waals surface area contributed by atoms with E-state index in [2.05, 4.69) is 11.8 Å². The molecule has 78 valence electrons. The number of amides is 1.